The third-order valence-corrected chi connectivity index (χ3v) is 3.61. The molecule has 1 unspecified atom stereocenters. The average Bonchev–Trinajstić information content (AvgIpc) is 2.61. The maximum absolute atomic E-state index is 11.7. The summed E-state index contributed by atoms with van der Waals surface area (Å²) in [6.45, 7) is 5.08. The van der Waals surface area contributed by atoms with Gasteiger partial charge in [-0.05, 0) is 41.2 Å². The molecule has 0 aromatic carbocycles. The Hall–Kier alpha value is -0.390. The van der Waals surface area contributed by atoms with E-state index in [0.717, 1.165) is 4.47 Å². The number of ether oxygens (including phenoxy) is 1. The van der Waals surface area contributed by atoms with Crippen LogP contribution in [0.5, 0.6) is 0 Å². The Balaban J connectivity index is 2.46. The number of halogens is 1. The first-order valence-corrected chi connectivity index (χ1v) is 6.44. The van der Waals surface area contributed by atoms with E-state index in [9.17, 15) is 4.79 Å². The number of amides is 1. The summed E-state index contributed by atoms with van der Waals surface area (Å²) in [5.41, 5.74) is 0. The molecule has 0 aliphatic rings. The fourth-order valence-corrected chi connectivity index (χ4v) is 2.54. The zero-order valence-corrected chi connectivity index (χ0v) is 11.2. The van der Waals surface area contributed by atoms with Crippen molar-refractivity contribution >= 4 is 33.2 Å². The number of carbonyl (C=O) groups is 1. The van der Waals surface area contributed by atoms with E-state index in [2.05, 4.69) is 21.2 Å². The van der Waals surface area contributed by atoms with Gasteiger partial charge in [-0.2, -0.15) is 0 Å². The summed E-state index contributed by atoms with van der Waals surface area (Å²) in [6.07, 6.45) is 0. The van der Waals surface area contributed by atoms with Crippen molar-refractivity contribution in [3.8, 4) is 0 Å². The summed E-state index contributed by atoms with van der Waals surface area (Å²) < 4.78 is 6.06. The Kier molecular flexibility index (Phi) is 5.28. The van der Waals surface area contributed by atoms with E-state index in [0.29, 0.717) is 18.1 Å². The van der Waals surface area contributed by atoms with Crippen LogP contribution in [0.3, 0.4) is 0 Å². The molecule has 0 aliphatic carbocycles. The molecule has 1 amide bonds. The fraction of sp³-hybridized carbons (Fsp3) is 0.500. The van der Waals surface area contributed by atoms with Gasteiger partial charge < -0.3 is 10.1 Å². The highest BCUT2D eigenvalue weighted by atomic mass is 79.9. The minimum Gasteiger partial charge on any atom is -0.380 e. The molecular weight excluding hydrogens is 278 g/mol. The molecule has 1 heterocycles. The zero-order chi connectivity index (χ0) is 11.3. The molecule has 0 aliphatic heterocycles. The SMILES string of the molecule is CCOCC(C)NC(=O)c1sccc1Br. The minimum absolute atomic E-state index is 0.0337. The van der Waals surface area contributed by atoms with Crippen LogP contribution in [0, 0.1) is 0 Å². The van der Waals surface area contributed by atoms with Gasteiger partial charge >= 0.3 is 0 Å². The largest absolute Gasteiger partial charge is 0.380 e. The molecule has 5 heteroatoms. The maximum Gasteiger partial charge on any atom is 0.262 e. The first-order valence-electron chi connectivity index (χ1n) is 4.76. The topological polar surface area (TPSA) is 38.3 Å². The Bertz CT molecular complexity index is 327. The van der Waals surface area contributed by atoms with Crippen LogP contribution < -0.4 is 5.32 Å². The second-order valence-electron chi connectivity index (χ2n) is 3.13. The molecular formula is C10H14BrNO2S. The molecule has 0 spiro atoms. The van der Waals surface area contributed by atoms with Crippen LogP contribution in [0.1, 0.15) is 23.5 Å². The third kappa shape index (κ3) is 3.93. The summed E-state index contributed by atoms with van der Waals surface area (Å²) >= 11 is 4.75. The standard InChI is InChI=1S/C10H14BrNO2S/c1-3-14-6-7(2)12-10(13)9-8(11)4-5-15-9/h4-5,7H,3,6H2,1-2H3,(H,12,13). The first kappa shape index (κ1) is 12.7. The second kappa shape index (κ2) is 6.25. The van der Waals surface area contributed by atoms with E-state index in [1.54, 1.807) is 0 Å². The lowest BCUT2D eigenvalue weighted by atomic mass is 10.3. The molecule has 0 fully saturated rings. The van der Waals surface area contributed by atoms with Crippen LogP contribution in [0.25, 0.3) is 0 Å². The number of hydrogen-bond acceptors (Lipinski definition) is 3. The molecule has 0 radical (unpaired) electrons. The van der Waals surface area contributed by atoms with Crippen molar-refractivity contribution in [3.05, 3.63) is 20.8 Å². The van der Waals surface area contributed by atoms with E-state index >= 15 is 0 Å². The number of nitrogens with one attached hydrogen (secondary N) is 1. The van der Waals surface area contributed by atoms with Crippen molar-refractivity contribution in [2.24, 2.45) is 0 Å². The van der Waals surface area contributed by atoms with Gasteiger partial charge in [-0.25, -0.2) is 0 Å². The van der Waals surface area contributed by atoms with E-state index in [-0.39, 0.29) is 11.9 Å². The summed E-state index contributed by atoms with van der Waals surface area (Å²) in [5.74, 6) is -0.0518. The predicted molar refractivity (Wildman–Crippen MR) is 65.4 cm³/mol. The van der Waals surface area contributed by atoms with Crippen LogP contribution in [-0.4, -0.2) is 25.2 Å². The van der Waals surface area contributed by atoms with E-state index in [1.807, 2.05) is 25.3 Å². The van der Waals surface area contributed by atoms with Crippen LogP contribution in [-0.2, 0) is 4.74 Å². The van der Waals surface area contributed by atoms with Crippen molar-refractivity contribution in [1.82, 2.24) is 5.32 Å². The normalized spacial score (nSPS) is 12.5. The quantitative estimate of drug-likeness (QED) is 0.906. The van der Waals surface area contributed by atoms with E-state index in [1.165, 1.54) is 11.3 Å². The van der Waals surface area contributed by atoms with Gasteiger partial charge in [0.2, 0.25) is 0 Å². The van der Waals surface area contributed by atoms with Crippen LogP contribution >= 0.6 is 27.3 Å². The lowest BCUT2D eigenvalue weighted by Gasteiger charge is -2.12. The number of rotatable bonds is 5. The molecule has 15 heavy (non-hydrogen) atoms. The smallest absolute Gasteiger partial charge is 0.262 e. The highest BCUT2D eigenvalue weighted by Gasteiger charge is 2.13. The monoisotopic (exact) mass is 291 g/mol. The molecule has 0 saturated heterocycles. The van der Waals surface area contributed by atoms with Gasteiger partial charge in [0.1, 0.15) is 4.88 Å². The lowest BCUT2D eigenvalue weighted by molar-refractivity contribution is 0.0875. The molecule has 1 aromatic rings. The van der Waals surface area contributed by atoms with E-state index < -0.39 is 0 Å². The summed E-state index contributed by atoms with van der Waals surface area (Å²) in [5, 5.41) is 4.76. The van der Waals surface area contributed by atoms with Crippen LogP contribution in [0.4, 0.5) is 0 Å². The molecule has 0 saturated carbocycles. The Morgan fingerprint density at radius 1 is 1.73 bits per heavy atom. The van der Waals surface area contributed by atoms with Gasteiger partial charge in [-0.1, -0.05) is 0 Å². The Morgan fingerprint density at radius 2 is 2.47 bits per heavy atom. The molecule has 0 bridgehead atoms. The van der Waals surface area contributed by atoms with Crippen molar-refractivity contribution in [1.29, 1.82) is 0 Å². The van der Waals surface area contributed by atoms with Gasteiger partial charge in [0.05, 0.1) is 6.61 Å². The predicted octanol–water partition coefficient (Wildman–Crippen LogP) is 2.67. The van der Waals surface area contributed by atoms with Crippen molar-refractivity contribution < 1.29 is 9.53 Å². The van der Waals surface area contributed by atoms with Gasteiger partial charge in [-0.15, -0.1) is 11.3 Å². The van der Waals surface area contributed by atoms with Crippen LogP contribution in [0.2, 0.25) is 0 Å². The third-order valence-electron chi connectivity index (χ3n) is 1.77. The first-order chi connectivity index (χ1) is 7.15. The number of hydrogen-bond donors (Lipinski definition) is 1. The molecule has 1 rings (SSSR count). The zero-order valence-electron chi connectivity index (χ0n) is 8.75. The lowest BCUT2D eigenvalue weighted by Crippen LogP contribution is -2.35. The maximum atomic E-state index is 11.7. The molecule has 84 valence electrons. The second-order valence-corrected chi connectivity index (χ2v) is 4.90. The number of carbonyl (C=O) groups excluding carboxylic acids is 1. The summed E-state index contributed by atoms with van der Waals surface area (Å²) in [7, 11) is 0. The number of thiophene rings is 1. The Labute approximate surface area is 102 Å². The molecule has 3 nitrogen and oxygen atoms in total. The van der Waals surface area contributed by atoms with E-state index in [4.69, 9.17) is 4.74 Å². The Morgan fingerprint density at radius 3 is 3.00 bits per heavy atom. The molecule has 1 aromatic heterocycles. The van der Waals surface area contributed by atoms with Crippen molar-refractivity contribution in [2.75, 3.05) is 13.2 Å². The minimum atomic E-state index is -0.0518. The molecule has 1 N–H and O–H groups in total. The van der Waals surface area contributed by atoms with Crippen molar-refractivity contribution in [3.63, 3.8) is 0 Å². The summed E-state index contributed by atoms with van der Waals surface area (Å²) in [6, 6.07) is 1.90. The van der Waals surface area contributed by atoms with Gasteiger partial charge in [0.25, 0.3) is 5.91 Å². The molecule has 1 atom stereocenters. The van der Waals surface area contributed by atoms with Gasteiger partial charge in [0, 0.05) is 17.1 Å². The van der Waals surface area contributed by atoms with Crippen molar-refractivity contribution in [2.45, 2.75) is 19.9 Å². The average molecular weight is 292 g/mol. The van der Waals surface area contributed by atoms with Gasteiger partial charge in [0.15, 0.2) is 0 Å². The summed E-state index contributed by atoms with van der Waals surface area (Å²) in [4.78, 5) is 12.4. The van der Waals surface area contributed by atoms with Crippen LogP contribution in [0.15, 0.2) is 15.9 Å². The van der Waals surface area contributed by atoms with Gasteiger partial charge in [-0.3, -0.25) is 4.79 Å². The highest BCUT2D eigenvalue weighted by molar-refractivity contribution is 9.10. The highest BCUT2D eigenvalue weighted by Crippen LogP contribution is 2.22. The fourth-order valence-electron chi connectivity index (χ4n) is 1.08.